The SMILES string of the molecule is C=C(C(=O)NC1CCOC1)c1ccccc1. The van der Waals surface area contributed by atoms with Crippen molar-refractivity contribution in [3.05, 3.63) is 42.5 Å². The van der Waals surface area contributed by atoms with Gasteiger partial charge in [-0.3, -0.25) is 4.79 Å². The van der Waals surface area contributed by atoms with Gasteiger partial charge >= 0.3 is 0 Å². The van der Waals surface area contributed by atoms with Gasteiger partial charge < -0.3 is 10.1 Å². The van der Waals surface area contributed by atoms with E-state index in [1.54, 1.807) is 0 Å². The van der Waals surface area contributed by atoms with Crippen LogP contribution in [0, 0.1) is 0 Å². The average molecular weight is 217 g/mol. The number of carbonyl (C=O) groups is 1. The fourth-order valence-electron chi connectivity index (χ4n) is 1.69. The predicted molar refractivity (Wildman–Crippen MR) is 62.8 cm³/mol. The molecular weight excluding hydrogens is 202 g/mol. The van der Waals surface area contributed by atoms with Gasteiger partial charge in [-0.05, 0) is 12.0 Å². The van der Waals surface area contributed by atoms with Crippen LogP contribution in [0.4, 0.5) is 0 Å². The monoisotopic (exact) mass is 217 g/mol. The first-order chi connectivity index (χ1) is 7.77. The first-order valence-electron chi connectivity index (χ1n) is 5.40. The van der Waals surface area contributed by atoms with Gasteiger partial charge in [-0.15, -0.1) is 0 Å². The van der Waals surface area contributed by atoms with E-state index in [0.29, 0.717) is 12.2 Å². The Morgan fingerprint density at radius 3 is 2.75 bits per heavy atom. The molecular formula is C13H15NO2. The van der Waals surface area contributed by atoms with Crippen molar-refractivity contribution in [2.75, 3.05) is 13.2 Å². The molecule has 1 aliphatic rings. The van der Waals surface area contributed by atoms with E-state index in [-0.39, 0.29) is 11.9 Å². The molecule has 16 heavy (non-hydrogen) atoms. The van der Waals surface area contributed by atoms with Gasteiger partial charge in [-0.1, -0.05) is 36.9 Å². The Bertz CT molecular complexity index is 380. The normalized spacial score (nSPS) is 19.4. The molecule has 84 valence electrons. The van der Waals surface area contributed by atoms with Gasteiger partial charge in [0.2, 0.25) is 0 Å². The third-order valence-corrected chi connectivity index (χ3v) is 2.66. The number of nitrogens with one attached hydrogen (secondary N) is 1. The van der Waals surface area contributed by atoms with Crippen LogP contribution in [0.1, 0.15) is 12.0 Å². The standard InChI is InChI=1S/C13H15NO2/c1-10(11-5-3-2-4-6-11)13(15)14-12-7-8-16-9-12/h2-6,12H,1,7-9H2,(H,14,15). The zero-order valence-electron chi connectivity index (χ0n) is 9.11. The first kappa shape index (κ1) is 10.9. The van der Waals surface area contributed by atoms with E-state index in [9.17, 15) is 4.79 Å². The van der Waals surface area contributed by atoms with Crippen molar-refractivity contribution in [2.45, 2.75) is 12.5 Å². The average Bonchev–Trinajstić information content (AvgIpc) is 2.82. The molecule has 0 aromatic heterocycles. The molecule has 3 nitrogen and oxygen atoms in total. The van der Waals surface area contributed by atoms with Gasteiger partial charge in [0.1, 0.15) is 0 Å². The van der Waals surface area contributed by atoms with Crippen LogP contribution in [0.15, 0.2) is 36.9 Å². The summed E-state index contributed by atoms with van der Waals surface area (Å²) in [5.41, 5.74) is 1.37. The van der Waals surface area contributed by atoms with Gasteiger partial charge in [0, 0.05) is 12.2 Å². The Hall–Kier alpha value is -1.61. The van der Waals surface area contributed by atoms with Crippen molar-refractivity contribution in [1.29, 1.82) is 0 Å². The van der Waals surface area contributed by atoms with Crippen molar-refractivity contribution in [2.24, 2.45) is 0 Å². The largest absolute Gasteiger partial charge is 0.379 e. The van der Waals surface area contributed by atoms with Crippen molar-refractivity contribution < 1.29 is 9.53 Å². The van der Waals surface area contributed by atoms with E-state index in [1.807, 2.05) is 30.3 Å². The second-order valence-electron chi connectivity index (χ2n) is 3.88. The molecule has 1 fully saturated rings. The van der Waals surface area contributed by atoms with Crippen molar-refractivity contribution in [3.8, 4) is 0 Å². The zero-order valence-corrected chi connectivity index (χ0v) is 9.11. The summed E-state index contributed by atoms with van der Waals surface area (Å²) in [6.07, 6.45) is 0.883. The smallest absolute Gasteiger partial charge is 0.251 e. The highest BCUT2D eigenvalue weighted by atomic mass is 16.5. The molecule has 0 spiro atoms. The van der Waals surface area contributed by atoms with Gasteiger partial charge in [0.15, 0.2) is 0 Å². The number of carbonyl (C=O) groups excluding carboxylic acids is 1. The molecule has 1 amide bonds. The van der Waals surface area contributed by atoms with E-state index in [0.717, 1.165) is 18.6 Å². The maximum atomic E-state index is 11.8. The summed E-state index contributed by atoms with van der Waals surface area (Å²) in [4.78, 5) is 11.8. The van der Waals surface area contributed by atoms with Crippen molar-refractivity contribution in [1.82, 2.24) is 5.32 Å². The third-order valence-electron chi connectivity index (χ3n) is 2.66. The molecule has 0 radical (unpaired) electrons. The minimum atomic E-state index is -0.110. The molecule has 1 aromatic rings. The Balaban J connectivity index is 1.97. The van der Waals surface area contributed by atoms with E-state index < -0.39 is 0 Å². The fourth-order valence-corrected chi connectivity index (χ4v) is 1.69. The summed E-state index contributed by atoms with van der Waals surface area (Å²) in [6.45, 7) is 5.14. The number of ether oxygens (including phenoxy) is 1. The van der Waals surface area contributed by atoms with Gasteiger partial charge in [-0.25, -0.2) is 0 Å². The van der Waals surface area contributed by atoms with Gasteiger partial charge in [0.25, 0.3) is 5.91 Å². The Morgan fingerprint density at radius 1 is 1.38 bits per heavy atom. The number of benzene rings is 1. The summed E-state index contributed by atoms with van der Waals surface area (Å²) in [6, 6.07) is 9.60. The lowest BCUT2D eigenvalue weighted by molar-refractivity contribution is -0.116. The minimum Gasteiger partial charge on any atom is -0.379 e. The number of hydrogen-bond donors (Lipinski definition) is 1. The van der Waals surface area contributed by atoms with Crippen LogP contribution < -0.4 is 5.32 Å². The van der Waals surface area contributed by atoms with Crippen LogP contribution >= 0.6 is 0 Å². The topological polar surface area (TPSA) is 38.3 Å². The fraction of sp³-hybridized carbons (Fsp3) is 0.308. The summed E-state index contributed by atoms with van der Waals surface area (Å²) in [5, 5.41) is 2.91. The molecule has 0 aliphatic carbocycles. The maximum Gasteiger partial charge on any atom is 0.251 e. The third kappa shape index (κ3) is 2.49. The maximum absolute atomic E-state index is 11.8. The molecule has 1 heterocycles. The summed E-state index contributed by atoms with van der Waals surface area (Å²) in [5.74, 6) is -0.110. The van der Waals surface area contributed by atoms with Crippen LogP contribution in [-0.2, 0) is 9.53 Å². The quantitative estimate of drug-likeness (QED) is 0.781. The van der Waals surface area contributed by atoms with E-state index in [1.165, 1.54) is 0 Å². The molecule has 0 bridgehead atoms. The van der Waals surface area contributed by atoms with Crippen LogP contribution in [0.25, 0.3) is 5.57 Å². The van der Waals surface area contributed by atoms with Crippen LogP contribution in [-0.4, -0.2) is 25.2 Å². The van der Waals surface area contributed by atoms with Crippen molar-refractivity contribution >= 4 is 11.5 Å². The van der Waals surface area contributed by atoms with Gasteiger partial charge in [0.05, 0.1) is 12.6 Å². The van der Waals surface area contributed by atoms with E-state index >= 15 is 0 Å². The Kier molecular flexibility index (Phi) is 3.37. The highest BCUT2D eigenvalue weighted by Crippen LogP contribution is 2.13. The molecule has 1 aromatic carbocycles. The molecule has 1 N–H and O–H groups in total. The van der Waals surface area contributed by atoms with Crippen molar-refractivity contribution in [3.63, 3.8) is 0 Å². The summed E-state index contributed by atoms with van der Waals surface area (Å²) in [7, 11) is 0. The predicted octanol–water partition coefficient (Wildman–Crippen LogP) is 1.60. The second-order valence-corrected chi connectivity index (χ2v) is 3.88. The van der Waals surface area contributed by atoms with Crippen LogP contribution in [0.2, 0.25) is 0 Å². The summed E-state index contributed by atoms with van der Waals surface area (Å²) >= 11 is 0. The van der Waals surface area contributed by atoms with Crippen LogP contribution in [0.5, 0.6) is 0 Å². The molecule has 3 heteroatoms. The minimum absolute atomic E-state index is 0.110. The van der Waals surface area contributed by atoms with E-state index in [2.05, 4.69) is 11.9 Å². The molecule has 0 saturated carbocycles. The molecule has 1 saturated heterocycles. The second kappa shape index (κ2) is 4.94. The Labute approximate surface area is 95.1 Å². The van der Waals surface area contributed by atoms with Crippen LogP contribution in [0.3, 0.4) is 0 Å². The zero-order chi connectivity index (χ0) is 11.4. The molecule has 1 unspecified atom stereocenters. The molecule has 2 rings (SSSR count). The number of amides is 1. The highest BCUT2D eigenvalue weighted by molar-refractivity contribution is 6.18. The number of rotatable bonds is 3. The number of hydrogen-bond acceptors (Lipinski definition) is 2. The highest BCUT2D eigenvalue weighted by Gasteiger charge is 2.19. The lowest BCUT2D eigenvalue weighted by Crippen LogP contribution is -2.35. The lowest BCUT2D eigenvalue weighted by atomic mass is 10.1. The van der Waals surface area contributed by atoms with E-state index in [4.69, 9.17) is 4.74 Å². The summed E-state index contributed by atoms with van der Waals surface area (Å²) < 4.78 is 5.20. The molecule has 1 aliphatic heterocycles. The Morgan fingerprint density at radius 2 is 2.12 bits per heavy atom. The first-order valence-corrected chi connectivity index (χ1v) is 5.40. The van der Waals surface area contributed by atoms with Gasteiger partial charge in [-0.2, -0.15) is 0 Å². The molecule has 1 atom stereocenters. The lowest BCUT2D eigenvalue weighted by Gasteiger charge is -2.12.